The molecule has 0 saturated heterocycles. The zero-order valence-corrected chi connectivity index (χ0v) is 19.0. The largest absolute Gasteiger partial charge is 0.418 e. The lowest BCUT2D eigenvalue weighted by atomic mass is 10.1. The molecule has 1 atom stereocenters. The molecule has 1 aromatic heterocycles. The summed E-state index contributed by atoms with van der Waals surface area (Å²) in [5.41, 5.74) is 0.717. The van der Waals surface area contributed by atoms with Crippen LogP contribution in [0.2, 0.25) is 0 Å². The number of carbonyl (C=O) groups excluding carboxylic acids is 1. The van der Waals surface area contributed by atoms with Gasteiger partial charge in [-0.25, -0.2) is 0 Å². The van der Waals surface area contributed by atoms with Gasteiger partial charge in [0.1, 0.15) is 5.82 Å². The highest BCUT2D eigenvalue weighted by Crippen LogP contribution is 2.35. The van der Waals surface area contributed by atoms with E-state index in [9.17, 15) is 18.0 Å². The number of rotatable bonds is 7. The van der Waals surface area contributed by atoms with Crippen LogP contribution in [0.4, 0.5) is 18.9 Å². The molecule has 0 fully saturated rings. The molecule has 0 saturated carbocycles. The molecule has 0 aliphatic heterocycles. The van der Waals surface area contributed by atoms with Gasteiger partial charge < -0.3 is 5.32 Å². The van der Waals surface area contributed by atoms with E-state index in [0.717, 1.165) is 29.1 Å². The normalized spacial score (nSPS) is 12.4. The van der Waals surface area contributed by atoms with Crippen LogP contribution in [0.25, 0.3) is 5.69 Å². The van der Waals surface area contributed by atoms with Crippen molar-refractivity contribution in [1.82, 2.24) is 14.8 Å². The molecular formula is C25H21F3N4OS. The average molecular weight is 483 g/mol. The van der Waals surface area contributed by atoms with Crippen molar-refractivity contribution in [1.29, 1.82) is 0 Å². The number of halogens is 3. The molecule has 4 rings (SSSR count). The number of hydrogen-bond acceptors (Lipinski definition) is 4. The number of hydrogen-bond donors (Lipinski definition) is 1. The lowest BCUT2D eigenvalue weighted by Gasteiger charge is -2.16. The lowest BCUT2D eigenvalue weighted by Crippen LogP contribution is -2.24. The number of anilines is 1. The lowest BCUT2D eigenvalue weighted by molar-refractivity contribution is -0.137. The third-order valence-corrected chi connectivity index (χ3v) is 6.10. The molecule has 1 unspecified atom stereocenters. The van der Waals surface area contributed by atoms with Gasteiger partial charge in [0.25, 0.3) is 0 Å². The first-order valence-corrected chi connectivity index (χ1v) is 11.4. The molecule has 0 bridgehead atoms. The molecule has 34 heavy (non-hydrogen) atoms. The maximum atomic E-state index is 13.3. The molecule has 1 N–H and O–H groups in total. The average Bonchev–Trinajstić information content (AvgIpc) is 3.21. The second kappa shape index (κ2) is 10.1. The minimum atomic E-state index is -4.57. The SMILES string of the molecule is CC(Sc1nnc(Cc2ccccc2)n1-c1ccccc1)C(=O)Nc1ccccc1C(F)(F)F. The Morgan fingerprint density at radius 1 is 0.941 bits per heavy atom. The van der Waals surface area contributed by atoms with E-state index in [-0.39, 0.29) is 5.69 Å². The molecule has 174 valence electrons. The highest BCUT2D eigenvalue weighted by Gasteiger charge is 2.34. The molecule has 3 aromatic carbocycles. The smallest absolute Gasteiger partial charge is 0.325 e. The molecule has 0 aliphatic carbocycles. The molecule has 0 spiro atoms. The van der Waals surface area contributed by atoms with Crippen molar-refractivity contribution in [3.8, 4) is 5.69 Å². The Labute approximate surface area is 199 Å². The standard InChI is InChI=1S/C25H21F3N4OS/c1-17(23(33)29-21-15-9-8-14-20(21)25(26,27)28)34-24-31-30-22(16-18-10-4-2-5-11-18)32(24)19-12-6-3-7-13-19/h2-15,17H,16H2,1H3,(H,29,33). The Kier molecular flexibility index (Phi) is 7.02. The number of thioether (sulfide) groups is 1. The van der Waals surface area contributed by atoms with Crippen LogP contribution in [0.1, 0.15) is 23.9 Å². The molecular weight excluding hydrogens is 461 g/mol. The van der Waals surface area contributed by atoms with E-state index in [1.54, 1.807) is 6.92 Å². The van der Waals surface area contributed by atoms with Crippen LogP contribution in [-0.2, 0) is 17.4 Å². The minimum Gasteiger partial charge on any atom is -0.325 e. The Hall–Kier alpha value is -3.59. The van der Waals surface area contributed by atoms with Gasteiger partial charge in [0, 0.05) is 12.1 Å². The van der Waals surface area contributed by atoms with Gasteiger partial charge >= 0.3 is 6.18 Å². The molecule has 1 amide bonds. The molecule has 0 radical (unpaired) electrons. The highest BCUT2D eigenvalue weighted by atomic mass is 32.2. The molecule has 4 aromatic rings. The molecule has 0 aliphatic rings. The molecule has 5 nitrogen and oxygen atoms in total. The number of nitrogens with zero attached hydrogens (tertiary/aromatic N) is 3. The van der Waals surface area contributed by atoms with Crippen molar-refractivity contribution >= 4 is 23.4 Å². The summed E-state index contributed by atoms with van der Waals surface area (Å²) in [6.45, 7) is 1.62. The number of carbonyl (C=O) groups is 1. The third kappa shape index (κ3) is 5.48. The van der Waals surface area contributed by atoms with E-state index in [1.807, 2.05) is 65.2 Å². The predicted molar refractivity (Wildman–Crippen MR) is 126 cm³/mol. The van der Waals surface area contributed by atoms with Crippen molar-refractivity contribution in [2.24, 2.45) is 0 Å². The Morgan fingerprint density at radius 3 is 2.24 bits per heavy atom. The van der Waals surface area contributed by atoms with Crippen LogP contribution >= 0.6 is 11.8 Å². The second-order valence-corrected chi connectivity index (χ2v) is 8.83. The van der Waals surface area contributed by atoms with E-state index in [2.05, 4.69) is 15.5 Å². The van der Waals surface area contributed by atoms with Gasteiger partial charge in [-0.2, -0.15) is 13.2 Å². The summed E-state index contributed by atoms with van der Waals surface area (Å²) in [6, 6.07) is 24.2. The first-order chi connectivity index (χ1) is 16.3. The number of nitrogens with one attached hydrogen (secondary N) is 1. The second-order valence-electron chi connectivity index (χ2n) is 7.52. The van der Waals surface area contributed by atoms with Crippen molar-refractivity contribution in [2.45, 2.75) is 29.9 Å². The van der Waals surface area contributed by atoms with Crippen LogP contribution in [0, 0.1) is 0 Å². The number of amides is 1. The van der Waals surface area contributed by atoms with E-state index >= 15 is 0 Å². The number of benzene rings is 3. The third-order valence-electron chi connectivity index (χ3n) is 5.06. The fourth-order valence-electron chi connectivity index (χ4n) is 3.39. The Balaban J connectivity index is 1.58. The first-order valence-electron chi connectivity index (χ1n) is 10.5. The van der Waals surface area contributed by atoms with Gasteiger partial charge in [0.2, 0.25) is 5.91 Å². The van der Waals surface area contributed by atoms with E-state index in [1.165, 1.54) is 18.2 Å². The van der Waals surface area contributed by atoms with Gasteiger partial charge in [0.05, 0.1) is 16.5 Å². The summed E-state index contributed by atoms with van der Waals surface area (Å²) in [4.78, 5) is 12.8. The summed E-state index contributed by atoms with van der Waals surface area (Å²) in [5.74, 6) is 0.129. The van der Waals surface area contributed by atoms with Gasteiger partial charge in [-0.15, -0.1) is 10.2 Å². The van der Waals surface area contributed by atoms with Gasteiger partial charge in [-0.3, -0.25) is 9.36 Å². The maximum Gasteiger partial charge on any atom is 0.418 e. The van der Waals surface area contributed by atoms with Crippen LogP contribution < -0.4 is 5.32 Å². The van der Waals surface area contributed by atoms with Crippen molar-refractivity contribution < 1.29 is 18.0 Å². The monoisotopic (exact) mass is 482 g/mol. The fraction of sp³-hybridized carbons (Fsp3) is 0.160. The van der Waals surface area contributed by atoms with Gasteiger partial charge in [0.15, 0.2) is 5.16 Å². The maximum absolute atomic E-state index is 13.3. The topological polar surface area (TPSA) is 59.8 Å². The number of para-hydroxylation sites is 2. The Bertz CT molecular complexity index is 1260. The number of aromatic nitrogens is 3. The minimum absolute atomic E-state index is 0.276. The van der Waals surface area contributed by atoms with Crippen LogP contribution in [0.15, 0.2) is 90.1 Å². The number of alkyl halides is 3. The summed E-state index contributed by atoms with van der Waals surface area (Å²) in [5, 5.41) is 10.8. The van der Waals surface area contributed by atoms with Crippen LogP contribution in [0.3, 0.4) is 0 Å². The highest BCUT2D eigenvalue weighted by molar-refractivity contribution is 8.00. The zero-order chi connectivity index (χ0) is 24.1. The van der Waals surface area contributed by atoms with Crippen molar-refractivity contribution in [3.05, 3.63) is 102 Å². The van der Waals surface area contributed by atoms with Gasteiger partial charge in [-0.05, 0) is 36.8 Å². The van der Waals surface area contributed by atoms with Crippen molar-refractivity contribution in [2.75, 3.05) is 5.32 Å². The van der Waals surface area contributed by atoms with Gasteiger partial charge in [-0.1, -0.05) is 72.4 Å². The Morgan fingerprint density at radius 2 is 1.56 bits per heavy atom. The summed E-state index contributed by atoms with van der Waals surface area (Å²) < 4.78 is 41.7. The molecule has 1 heterocycles. The molecule has 9 heteroatoms. The quantitative estimate of drug-likeness (QED) is 0.329. The summed E-state index contributed by atoms with van der Waals surface area (Å²) in [7, 11) is 0. The summed E-state index contributed by atoms with van der Waals surface area (Å²) in [6.07, 6.45) is -4.04. The van der Waals surface area contributed by atoms with Crippen molar-refractivity contribution in [3.63, 3.8) is 0 Å². The summed E-state index contributed by atoms with van der Waals surface area (Å²) >= 11 is 1.13. The van der Waals surface area contributed by atoms with Crippen LogP contribution in [-0.4, -0.2) is 25.9 Å². The predicted octanol–water partition coefficient (Wildman–Crippen LogP) is 6.00. The fourth-order valence-corrected chi connectivity index (χ4v) is 4.28. The van der Waals surface area contributed by atoms with E-state index in [0.29, 0.717) is 17.4 Å². The van der Waals surface area contributed by atoms with E-state index < -0.39 is 22.9 Å². The zero-order valence-electron chi connectivity index (χ0n) is 18.2. The van der Waals surface area contributed by atoms with E-state index in [4.69, 9.17) is 0 Å². The van der Waals surface area contributed by atoms with Crippen LogP contribution in [0.5, 0.6) is 0 Å². The first kappa shape index (κ1) is 23.6.